The second-order valence-electron chi connectivity index (χ2n) is 5.83. The first-order chi connectivity index (χ1) is 10.4. The van der Waals surface area contributed by atoms with Gasteiger partial charge in [-0.2, -0.15) is 0 Å². The normalized spacial score (nSPS) is 12.4. The first kappa shape index (κ1) is 18.0. The number of esters is 1. The number of methoxy groups -OCH3 is 1. The monoisotopic (exact) mass is 303 g/mol. The molecule has 0 aliphatic rings. The van der Waals surface area contributed by atoms with Crippen LogP contribution in [0, 0.1) is 5.92 Å². The smallest absolute Gasteiger partial charge is 0.337 e. The van der Waals surface area contributed by atoms with Crippen molar-refractivity contribution in [2.45, 2.75) is 39.7 Å². The van der Waals surface area contributed by atoms with Gasteiger partial charge in [0, 0.05) is 12.1 Å². The first-order valence-electron chi connectivity index (χ1n) is 7.59. The number of carbonyl (C=O) groups is 2. The zero-order chi connectivity index (χ0) is 16.5. The number of benzene rings is 1. The summed E-state index contributed by atoms with van der Waals surface area (Å²) < 4.78 is 4.64. The summed E-state index contributed by atoms with van der Waals surface area (Å²) in [6, 6.07) is 7.07. The Morgan fingerprint density at radius 3 is 2.32 bits per heavy atom. The van der Waals surface area contributed by atoms with Gasteiger partial charge in [-0.1, -0.05) is 26.0 Å². The quantitative estimate of drug-likeness (QED) is 0.620. The average Bonchev–Trinajstić information content (AvgIpc) is 2.50. The fourth-order valence-corrected chi connectivity index (χ4v) is 1.97. The highest BCUT2D eigenvalue weighted by molar-refractivity contribution is 5.92. The molecular weight excluding hydrogens is 278 g/mol. The number of carbonyl (C=O) groups excluding carboxylic acids is 2. The highest BCUT2D eigenvalue weighted by Gasteiger charge is 2.06. The SMILES string of the molecule is COC(=O)c1ccc(/C=C/C(=O)NC(C)CCC(C)C)cc1. The van der Waals surface area contributed by atoms with E-state index in [0.717, 1.165) is 18.4 Å². The molecule has 1 unspecified atom stereocenters. The standard InChI is InChI=1S/C18H25NO3/c1-13(2)5-6-14(3)19-17(20)12-9-15-7-10-16(11-8-15)18(21)22-4/h7-14H,5-6H2,1-4H3,(H,19,20)/b12-9+. The lowest BCUT2D eigenvalue weighted by molar-refractivity contribution is -0.117. The van der Waals surface area contributed by atoms with E-state index in [1.807, 2.05) is 6.92 Å². The summed E-state index contributed by atoms with van der Waals surface area (Å²) >= 11 is 0. The third-order valence-corrected chi connectivity index (χ3v) is 3.32. The molecule has 4 heteroatoms. The van der Waals surface area contributed by atoms with Gasteiger partial charge in [0.25, 0.3) is 0 Å². The molecule has 0 saturated heterocycles. The van der Waals surface area contributed by atoms with E-state index in [0.29, 0.717) is 11.5 Å². The van der Waals surface area contributed by atoms with E-state index in [2.05, 4.69) is 23.9 Å². The van der Waals surface area contributed by atoms with Gasteiger partial charge in [0.05, 0.1) is 12.7 Å². The average molecular weight is 303 g/mol. The Labute approximate surface area is 132 Å². The predicted molar refractivity (Wildman–Crippen MR) is 88.5 cm³/mol. The summed E-state index contributed by atoms with van der Waals surface area (Å²) in [5.74, 6) is 0.170. The van der Waals surface area contributed by atoms with Crippen molar-refractivity contribution in [1.29, 1.82) is 0 Å². The van der Waals surface area contributed by atoms with Crippen LogP contribution in [-0.4, -0.2) is 25.0 Å². The lowest BCUT2D eigenvalue weighted by Crippen LogP contribution is -2.31. The van der Waals surface area contributed by atoms with Gasteiger partial charge in [0.15, 0.2) is 0 Å². The molecule has 0 saturated carbocycles. The van der Waals surface area contributed by atoms with Crippen molar-refractivity contribution >= 4 is 18.0 Å². The molecule has 0 fully saturated rings. The second-order valence-corrected chi connectivity index (χ2v) is 5.83. The summed E-state index contributed by atoms with van der Waals surface area (Å²) in [5, 5.41) is 2.94. The lowest BCUT2D eigenvalue weighted by atomic mass is 10.0. The predicted octanol–water partition coefficient (Wildman–Crippen LogP) is 3.43. The molecule has 0 aliphatic heterocycles. The Morgan fingerprint density at radius 2 is 1.77 bits per heavy atom. The van der Waals surface area contributed by atoms with E-state index in [4.69, 9.17) is 0 Å². The molecule has 0 spiro atoms. The molecule has 1 aromatic rings. The van der Waals surface area contributed by atoms with E-state index in [1.54, 1.807) is 30.3 Å². The van der Waals surface area contributed by atoms with Crippen LogP contribution in [0.4, 0.5) is 0 Å². The van der Waals surface area contributed by atoms with Crippen LogP contribution in [0.15, 0.2) is 30.3 Å². The fourth-order valence-electron chi connectivity index (χ4n) is 1.97. The third-order valence-electron chi connectivity index (χ3n) is 3.32. The minimum absolute atomic E-state index is 0.103. The van der Waals surface area contributed by atoms with Gasteiger partial charge in [-0.15, -0.1) is 0 Å². The molecule has 0 aromatic heterocycles. The Morgan fingerprint density at radius 1 is 1.14 bits per heavy atom. The lowest BCUT2D eigenvalue weighted by Gasteiger charge is -2.13. The van der Waals surface area contributed by atoms with Crippen molar-refractivity contribution in [2.24, 2.45) is 5.92 Å². The van der Waals surface area contributed by atoms with Gasteiger partial charge in [-0.3, -0.25) is 4.79 Å². The van der Waals surface area contributed by atoms with E-state index in [-0.39, 0.29) is 17.9 Å². The summed E-state index contributed by atoms with van der Waals surface area (Å²) in [6.45, 7) is 6.36. The van der Waals surface area contributed by atoms with Crippen LogP contribution in [-0.2, 0) is 9.53 Å². The van der Waals surface area contributed by atoms with Crippen LogP contribution < -0.4 is 5.32 Å². The van der Waals surface area contributed by atoms with E-state index in [9.17, 15) is 9.59 Å². The van der Waals surface area contributed by atoms with Gasteiger partial charge in [-0.25, -0.2) is 4.79 Å². The van der Waals surface area contributed by atoms with Crippen molar-refractivity contribution in [3.63, 3.8) is 0 Å². The molecule has 120 valence electrons. The number of rotatable bonds is 7. The van der Waals surface area contributed by atoms with Crippen molar-refractivity contribution in [3.8, 4) is 0 Å². The third kappa shape index (κ3) is 6.57. The molecule has 1 aromatic carbocycles. The topological polar surface area (TPSA) is 55.4 Å². The maximum absolute atomic E-state index is 11.8. The maximum atomic E-state index is 11.8. The minimum Gasteiger partial charge on any atom is -0.465 e. The van der Waals surface area contributed by atoms with Crippen LogP contribution in [0.5, 0.6) is 0 Å². The van der Waals surface area contributed by atoms with E-state index >= 15 is 0 Å². The van der Waals surface area contributed by atoms with Crippen molar-refractivity contribution in [2.75, 3.05) is 7.11 Å². The number of hydrogen-bond donors (Lipinski definition) is 1. The van der Waals surface area contributed by atoms with Crippen LogP contribution >= 0.6 is 0 Å². The van der Waals surface area contributed by atoms with E-state index < -0.39 is 0 Å². The fraction of sp³-hybridized carbons (Fsp3) is 0.444. The van der Waals surface area contributed by atoms with E-state index in [1.165, 1.54) is 13.2 Å². The highest BCUT2D eigenvalue weighted by Crippen LogP contribution is 2.08. The van der Waals surface area contributed by atoms with Gasteiger partial charge in [0.2, 0.25) is 5.91 Å². The van der Waals surface area contributed by atoms with Crippen molar-refractivity contribution in [3.05, 3.63) is 41.5 Å². The molecule has 1 rings (SSSR count). The van der Waals surface area contributed by atoms with Crippen LogP contribution in [0.25, 0.3) is 6.08 Å². The summed E-state index contributed by atoms with van der Waals surface area (Å²) in [5.41, 5.74) is 1.35. The largest absolute Gasteiger partial charge is 0.465 e. The van der Waals surface area contributed by atoms with Gasteiger partial charge < -0.3 is 10.1 Å². The minimum atomic E-state index is -0.368. The number of nitrogens with one attached hydrogen (secondary N) is 1. The molecule has 1 N–H and O–H groups in total. The Balaban J connectivity index is 2.50. The molecular formula is C18H25NO3. The number of hydrogen-bond acceptors (Lipinski definition) is 3. The Hall–Kier alpha value is -2.10. The molecule has 0 heterocycles. The molecule has 22 heavy (non-hydrogen) atoms. The maximum Gasteiger partial charge on any atom is 0.337 e. The molecule has 0 bridgehead atoms. The molecule has 1 atom stereocenters. The second kappa shape index (κ2) is 9.03. The summed E-state index contributed by atoms with van der Waals surface area (Å²) in [4.78, 5) is 23.1. The molecule has 0 aliphatic carbocycles. The first-order valence-corrected chi connectivity index (χ1v) is 7.59. The molecule has 1 amide bonds. The van der Waals surface area contributed by atoms with Gasteiger partial charge in [-0.05, 0) is 49.5 Å². The van der Waals surface area contributed by atoms with Crippen molar-refractivity contribution in [1.82, 2.24) is 5.32 Å². The molecule has 0 radical (unpaired) electrons. The summed E-state index contributed by atoms with van der Waals surface area (Å²) in [7, 11) is 1.35. The van der Waals surface area contributed by atoms with Crippen LogP contribution in [0.1, 0.15) is 49.5 Å². The number of ether oxygens (including phenoxy) is 1. The summed E-state index contributed by atoms with van der Waals surface area (Å²) in [6.07, 6.45) is 5.32. The zero-order valence-corrected chi connectivity index (χ0v) is 13.8. The van der Waals surface area contributed by atoms with Crippen LogP contribution in [0.2, 0.25) is 0 Å². The Kier molecular flexibility index (Phi) is 7.37. The number of amides is 1. The van der Waals surface area contributed by atoms with Crippen LogP contribution in [0.3, 0.4) is 0 Å². The highest BCUT2D eigenvalue weighted by atomic mass is 16.5. The molecule has 4 nitrogen and oxygen atoms in total. The van der Waals surface area contributed by atoms with Crippen molar-refractivity contribution < 1.29 is 14.3 Å². The van der Waals surface area contributed by atoms with Gasteiger partial charge in [0.1, 0.15) is 0 Å². The Bertz CT molecular complexity index is 518. The zero-order valence-electron chi connectivity index (χ0n) is 13.8. The van der Waals surface area contributed by atoms with Gasteiger partial charge >= 0.3 is 5.97 Å².